The van der Waals surface area contributed by atoms with Gasteiger partial charge in [0, 0.05) is 12.4 Å². The summed E-state index contributed by atoms with van der Waals surface area (Å²) >= 11 is 3.31. The van der Waals surface area contributed by atoms with Gasteiger partial charge in [0.1, 0.15) is 4.60 Å². The van der Waals surface area contributed by atoms with Crippen LogP contribution in [0.25, 0.3) is 0 Å². The molecule has 0 aliphatic heterocycles. The molecule has 0 aliphatic carbocycles. The van der Waals surface area contributed by atoms with E-state index in [2.05, 4.69) is 43.4 Å². The number of aromatic amines is 1. The minimum atomic E-state index is -0.130. The van der Waals surface area contributed by atoms with Crippen LogP contribution in [-0.4, -0.2) is 21.1 Å². The molecule has 0 bridgehead atoms. The molecular weight excluding hydrogens is 308 g/mol. The van der Waals surface area contributed by atoms with Crippen molar-refractivity contribution < 1.29 is 4.79 Å². The molecule has 0 saturated heterocycles. The molecule has 2 heterocycles. The standard InChI is InChI=1S/C13H15BrN4O/c1-2-3-11(9-4-5-12(14)15-6-9)18-13(19)10-7-16-17-8-10/h4-8,11H,2-3H2,1H3,(H,16,17)(H,18,19). The van der Waals surface area contributed by atoms with Gasteiger partial charge in [0.2, 0.25) is 0 Å². The van der Waals surface area contributed by atoms with Crippen molar-refractivity contribution >= 4 is 21.8 Å². The molecule has 6 heteroatoms. The Morgan fingerprint density at radius 3 is 2.89 bits per heavy atom. The van der Waals surface area contributed by atoms with E-state index in [0.717, 1.165) is 23.0 Å². The Balaban J connectivity index is 2.12. The van der Waals surface area contributed by atoms with Crippen molar-refractivity contribution in [2.75, 3.05) is 0 Å². The van der Waals surface area contributed by atoms with Gasteiger partial charge in [-0.2, -0.15) is 5.10 Å². The summed E-state index contributed by atoms with van der Waals surface area (Å²) in [6, 6.07) is 3.81. The van der Waals surface area contributed by atoms with Crippen molar-refractivity contribution in [2.24, 2.45) is 0 Å². The maximum atomic E-state index is 12.0. The van der Waals surface area contributed by atoms with E-state index in [1.807, 2.05) is 12.1 Å². The lowest BCUT2D eigenvalue weighted by Gasteiger charge is -2.17. The zero-order valence-electron chi connectivity index (χ0n) is 10.6. The predicted molar refractivity (Wildman–Crippen MR) is 75.6 cm³/mol. The second-order valence-electron chi connectivity index (χ2n) is 4.22. The quantitative estimate of drug-likeness (QED) is 0.831. The zero-order chi connectivity index (χ0) is 13.7. The molecule has 2 N–H and O–H groups in total. The number of pyridine rings is 1. The number of nitrogens with zero attached hydrogens (tertiary/aromatic N) is 2. The van der Waals surface area contributed by atoms with Crippen LogP contribution in [0, 0.1) is 0 Å². The number of carbonyl (C=O) groups excluding carboxylic acids is 1. The Labute approximate surface area is 120 Å². The Hall–Kier alpha value is -1.69. The molecule has 1 amide bonds. The number of nitrogens with one attached hydrogen (secondary N) is 2. The molecule has 1 unspecified atom stereocenters. The summed E-state index contributed by atoms with van der Waals surface area (Å²) in [5, 5.41) is 9.41. The summed E-state index contributed by atoms with van der Waals surface area (Å²) in [6.45, 7) is 2.09. The van der Waals surface area contributed by atoms with Crippen molar-refractivity contribution in [2.45, 2.75) is 25.8 Å². The van der Waals surface area contributed by atoms with Gasteiger partial charge in [0.15, 0.2) is 0 Å². The summed E-state index contributed by atoms with van der Waals surface area (Å²) in [4.78, 5) is 16.2. The summed E-state index contributed by atoms with van der Waals surface area (Å²) < 4.78 is 0.785. The molecule has 0 spiro atoms. The van der Waals surface area contributed by atoms with Crippen LogP contribution in [0.4, 0.5) is 0 Å². The van der Waals surface area contributed by atoms with E-state index >= 15 is 0 Å². The molecule has 2 aromatic heterocycles. The largest absolute Gasteiger partial charge is 0.345 e. The minimum absolute atomic E-state index is 0.0343. The van der Waals surface area contributed by atoms with Crippen LogP contribution < -0.4 is 5.32 Å². The molecule has 1 atom stereocenters. The van der Waals surface area contributed by atoms with Crippen LogP contribution in [0.1, 0.15) is 41.7 Å². The summed E-state index contributed by atoms with van der Waals surface area (Å²) in [6.07, 6.45) is 6.72. The molecule has 0 saturated carbocycles. The van der Waals surface area contributed by atoms with Gasteiger partial charge in [-0.05, 0) is 34.0 Å². The Bertz CT molecular complexity index is 524. The van der Waals surface area contributed by atoms with Crippen molar-refractivity contribution in [3.8, 4) is 0 Å². The first kappa shape index (κ1) is 13.7. The molecule has 2 rings (SSSR count). The molecule has 0 aliphatic rings. The number of carbonyl (C=O) groups is 1. The average Bonchev–Trinajstić information content (AvgIpc) is 2.93. The van der Waals surface area contributed by atoms with E-state index in [1.54, 1.807) is 12.4 Å². The third-order valence-electron chi connectivity index (χ3n) is 2.80. The molecule has 0 radical (unpaired) electrons. The van der Waals surface area contributed by atoms with Crippen LogP contribution in [0.2, 0.25) is 0 Å². The zero-order valence-corrected chi connectivity index (χ0v) is 12.1. The van der Waals surface area contributed by atoms with Crippen LogP contribution in [-0.2, 0) is 0 Å². The molecule has 5 nitrogen and oxygen atoms in total. The first-order valence-corrected chi connectivity index (χ1v) is 6.91. The molecule has 0 fully saturated rings. The number of rotatable bonds is 5. The van der Waals surface area contributed by atoms with Crippen molar-refractivity contribution in [1.29, 1.82) is 0 Å². The highest BCUT2D eigenvalue weighted by atomic mass is 79.9. The number of halogens is 1. The van der Waals surface area contributed by atoms with Crippen LogP contribution in [0.5, 0.6) is 0 Å². The highest BCUT2D eigenvalue weighted by Gasteiger charge is 2.15. The molecule has 100 valence electrons. The van der Waals surface area contributed by atoms with Crippen molar-refractivity contribution in [1.82, 2.24) is 20.5 Å². The van der Waals surface area contributed by atoms with Crippen LogP contribution in [0.15, 0.2) is 35.3 Å². The third-order valence-corrected chi connectivity index (χ3v) is 3.26. The number of H-pyrrole nitrogens is 1. The topological polar surface area (TPSA) is 70.7 Å². The monoisotopic (exact) mass is 322 g/mol. The van der Waals surface area contributed by atoms with Crippen LogP contribution in [0.3, 0.4) is 0 Å². The normalized spacial score (nSPS) is 12.1. The van der Waals surface area contributed by atoms with E-state index in [1.165, 1.54) is 6.20 Å². The van der Waals surface area contributed by atoms with E-state index in [9.17, 15) is 4.79 Å². The summed E-state index contributed by atoms with van der Waals surface area (Å²) in [5.41, 5.74) is 1.54. The predicted octanol–water partition coefficient (Wildman–Crippen LogP) is 2.84. The first-order chi connectivity index (χ1) is 9.20. The summed E-state index contributed by atoms with van der Waals surface area (Å²) in [7, 11) is 0. The lowest BCUT2D eigenvalue weighted by molar-refractivity contribution is 0.0934. The van der Waals surface area contributed by atoms with Gasteiger partial charge in [-0.1, -0.05) is 19.4 Å². The summed E-state index contributed by atoms with van der Waals surface area (Å²) in [5.74, 6) is -0.130. The molecule has 19 heavy (non-hydrogen) atoms. The highest BCUT2D eigenvalue weighted by Crippen LogP contribution is 2.19. The smallest absolute Gasteiger partial charge is 0.254 e. The van der Waals surface area contributed by atoms with Crippen LogP contribution >= 0.6 is 15.9 Å². The SMILES string of the molecule is CCCC(NC(=O)c1cn[nH]c1)c1ccc(Br)nc1. The number of aromatic nitrogens is 3. The second-order valence-corrected chi connectivity index (χ2v) is 5.03. The van der Waals surface area contributed by atoms with Gasteiger partial charge < -0.3 is 5.32 Å². The van der Waals surface area contributed by atoms with Gasteiger partial charge >= 0.3 is 0 Å². The lowest BCUT2D eigenvalue weighted by Crippen LogP contribution is -2.28. The third kappa shape index (κ3) is 3.64. The van der Waals surface area contributed by atoms with E-state index in [0.29, 0.717) is 5.56 Å². The van der Waals surface area contributed by atoms with Crippen molar-refractivity contribution in [3.05, 3.63) is 46.5 Å². The second kappa shape index (κ2) is 6.47. The van der Waals surface area contributed by atoms with Crippen molar-refractivity contribution in [3.63, 3.8) is 0 Å². The maximum Gasteiger partial charge on any atom is 0.254 e. The number of hydrogen-bond donors (Lipinski definition) is 2. The number of hydrogen-bond acceptors (Lipinski definition) is 3. The highest BCUT2D eigenvalue weighted by molar-refractivity contribution is 9.10. The van der Waals surface area contributed by atoms with E-state index in [-0.39, 0.29) is 11.9 Å². The minimum Gasteiger partial charge on any atom is -0.345 e. The van der Waals surface area contributed by atoms with Gasteiger partial charge in [-0.25, -0.2) is 4.98 Å². The van der Waals surface area contributed by atoms with Gasteiger partial charge in [-0.3, -0.25) is 9.89 Å². The fraction of sp³-hybridized carbons (Fsp3) is 0.308. The van der Waals surface area contributed by atoms with E-state index < -0.39 is 0 Å². The fourth-order valence-electron chi connectivity index (χ4n) is 1.82. The molecule has 2 aromatic rings. The Morgan fingerprint density at radius 2 is 2.32 bits per heavy atom. The molecule has 0 aromatic carbocycles. The first-order valence-electron chi connectivity index (χ1n) is 6.11. The van der Waals surface area contributed by atoms with Gasteiger partial charge in [0.25, 0.3) is 5.91 Å². The number of amides is 1. The lowest BCUT2D eigenvalue weighted by atomic mass is 10.0. The Kier molecular flexibility index (Phi) is 4.68. The maximum absolute atomic E-state index is 12.0. The van der Waals surface area contributed by atoms with E-state index in [4.69, 9.17) is 0 Å². The average molecular weight is 323 g/mol. The Morgan fingerprint density at radius 1 is 1.47 bits per heavy atom. The van der Waals surface area contributed by atoms with Gasteiger partial charge in [-0.15, -0.1) is 0 Å². The fourth-order valence-corrected chi connectivity index (χ4v) is 2.06. The van der Waals surface area contributed by atoms with Gasteiger partial charge in [0.05, 0.1) is 17.8 Å². The molecular formula is C13H15BrN4O.